The van der Waals surface area contributed by atoms with Crippen molar-refractivity contribution in [2.75, 3.05) is 24.6 Å². The van der Waals surface area contributed by atoms with E-state index in [1.807, 2.05) is 4.90 Å². The number of hydrogen-bond donors (Lipinski definition) is 1. The smallest absolute Gasteiger partial charge is 0.294 e. The van der Waals surface area contributed by atoms with E-state index < -0.39 is 16.6 Å². The molecule has 0 spiro atoms. The van der Waals surface area contributed by atoms with Crippen LogP contribution in [0.3, 0.4) is 0 Å². The quantitative estimate of drug-likeness (QED) is 0.407. The Balaban J connectivity index is 1.67. The van der Waals surface area contributed by atoms with Crippen molar-refractivity contribution in [2.45, 2.75) is 25.5 Å². The average molecular weight is 479 g/mol. The molecule has 1 atom stereocenters. The third-order valence-corrected chi connectivity index (χ3v) is 5.79. The third kappa shape index (κ3) is 4.64. The van der Waals surface area contributed by atoms with Crippen LogP contribution in [0.2, 0.25) is 10.0 Å². The van der Waals surface area contributed by atoms with Crippen LogP contribution < -0.4 is 15.2 Å². The molecule has 0 saturated carbocycles. The molecule has 0 bridgehead atoms. The lowest BCUT2D eigenvalue weighted by Gasteiger charge is -2.20. The maximum absolute atomic E-state index is 13.3. The zero-order valence-electron chi connectivity index (χ0n) is 16.9. The van der Waals surface area contributed by atoms with Gasteiger partial charge in [0.2, 0.25) is 0 Å². The number of anilines is 1. The molecule has 9 nitrogen and oxygen atoms in total. The Hall–Kier alpha value is -2.88. The first-order valence-electron chi connectivity index (χ1n) is 10.0. The fraction of sp³-hybridized carbons (Fsp3) is 0.333. The number of nitrogens with zero attached hydrogens (tertiary/aromatic N) is 4. The number of aliphatic hydroxyl groups is 1. The maximum Gasteiger partial charge on any atom is 0.294 e. The van der Waals surface area contributed by atoms with E-state index in [0.717, 1.165) is 12.8 Å². The van der Waals surface area contributed by atoms with Crippen LogP contribution in [0, 0.1) is 10.1 Å². The molecular weight excluding hydrogens is 459 g/mol. The first-order valence-corrected chi connectivity index (χ1v) is 10.8. The van der Waals surface area contributed by atoms with E-state index in [4.69, 9.17) is 27.9 Å². The lowest BCUT2D eigenvalue weighted by molar-refractivity contribution is -0.384. The number of halogens is 2. The normalized spacial score (nSPS) is 14.7. The lowest BCUT2D eigenvalue weighted by atomic mass is 10.2. The summed E-state index contributed by atoms with van der Waals surface area (Å²) in [6.07, 6.45) is 0.811. The Kier molecular flexibility index (Phi) is 6.50. The van der Waals surface area contributed by atoms with Crippen LogP contribution in [0.4, 0.5) is 11.5 Å². The van der Waals surface area contributed by atoms with Gasteiger partial charge in [-0.2, -0.15) is 0 Å². The van der Waals surface area contributed by atoms with Gasteiger partial charge in [-0.05, 0) is 31.0 Å². The average Bonchev–Trinajstić information content (AvgIpc) is 3.30. The Morgan fingerprint density at radius 2 is 1.94 bits per heavy atom. The van der Waals surface area contributed by atoms with Crippen LogP contribution in [-0.2, 0) is 6.54 Å². The van der Waals surface area contributed by atoms with Crippen molar-refractivity contribution in [2.24, 2.45) is 0 Å². The molecule has 0 aliphatic carbocycles. The van der Waals surface area contributed by atoms with E-state index in [9.17, 15) is 20.0 Å². The largest absolute Gasteiger partial charge is 0.489 e. The van der Waals surface area contributed by atoms with Crippen molar-refractivity contribution in [3.8, 4) is 5.75 Å². The summed E-state index contributed by atoms with van der Waals surface area (Å²) in [7, 11) is 0. The summed E-state index contributed by atoms with van der Waals surface area (Å²) >= 11 is 12.0. The molecule has 1 aliphatic heterocycles. The molecule has 2 heterocycles. The highest BCUT2D eigenvalue weighted by atomic mass is 35.5. The molecule has 1 aliphatic rings. The molecule has 1 aromatic heterocycles. The van der Waals surface area contributed by atoms with E-state index in [2.05, 4.69) is 4.98 Å². The van der Waals surface area contributed by atoms with Gasteiger partial charge in [-0.15, -0.1) is 0 Å². The number of nitro benzene ring substituents is 1. The lowest BCUT2D eigenvalue weighted by Crippen LogP contribution is -2.35. The Labute approximate surface area is 192 Å². The van der Waals surface area contributed by atoms with Crippen LogP contribution in [-0.4, -0.2) is 45.4 Å². The number of ether oxygens (including phenoxy) is 1. The van der Waals surface area contributed by atoms with Crippen LogP contribution in [0.25, 0.3) is 11.0 Å². The fourth-order valence-corrected chi connectivity index (χ4v) is 4.02. The zero-order valence-corrected chi connectivity index (χ0v) is 18.4. The molecule has 3 aromatic rings. The second kappa shape index (κ2) is 9.32. The molecule has 1 saturated heterocycles. The number of aromatic nitrogens is 2. The van der Waals surface area contributed by atoms with Gasteiger partial charge in [-0.25, -0.2) is 4.98 Å². The number of fused-ring (bicyclic) bond motifs is 1. The highest BCUT2D eigenvalue weighted by Crippen LogP contribution is 2.28. The monoisotopic (exact) mass is 478 g/mol. The molecule has 1 N–H and O–H groups in total. The Morgan fingerprint density at radius 1 is 1.19 bits per heavy atom. The number of nitro groups is 1. The molecule has 32 heavy (non-hydrogen) atoms. The zero-order chi connectivity index (χ0) is 22.8. The summed E-state index contributed by atoms with van der Waals surface area (Å²) in [5.74, 6) is 0.577. The number of rotatable bonds is 7. The minimum Gasteiger partial charge on any atom is -0.489 e. The van der Waals surface area contributed by atoms with Gasteiger partial charge in [0.15, 0.2) is 5.82 Å². The van der Waals surface area contributed by atoms with Gasteiger partial charge < -0.3 is 19.3 Å². The number of aliphatic hydroxyl groups excluding tert-OH is 1. The van der Waals surface area contributed by atoms with Gasteiger partial charge in [0.05, 0.1) is 27.5 Å². The van der Waals surface area contributed by atoms with Crippen LogP contribution in [0.5, 0.6) is 5.75 Å². The van der Waals surface area contributed by atoms with Crippen molar-refractivity contribution in [1.29, 1.82) is 0 Å². The van der Waals surface area contributed by atoms with E-state index >= 15 is 0 Å². The number of hydrogen-bond acceptors (Lipinski definition) is 7. The number of benzene rings is 2. The molecule has 11 heteroatoms. The Morgan fingerprint density at radius 3 is 2.66 bits per heavy atom. The predicted octanol–water partition coefficient (Wildman–Crippen LogP) is 3.65. The first-order chi connectivity index (χ1) is 15.3. The van der Waals surface area contributed by atoms with Gasteiger partial charge in [0, 0.05) is 36.3 Å². The standard InChI is InChI=1S/C21H20Cl2N4O5/c22-13-3-5-16(23)19(9-13)32-12-15(28)11-26-18-10-14(27(30)31)4-6-17(18)24-20(21(26)29)25-7-1-2-8-25/h3-6,9-10,15,28H,1-2,7-8,11-12H2/t15-/m1/s1. The van der Waals surface area contributed by atoms with Gasteiger partial charge >= 0.3 is 0 Å². The summed E-state index contributed by atoms with van der Waals surface area (Å²) < 4.78 is 6.90. The summed E-state index contributed by atoms with van der Waals surface area (Å²) in [5.41, 5.74) is 0.118. The molecule has 0 amide bonds. The SMILES string of the molecule is O=c1c(N2CCCC2)nc2ccc([N+](=O)[O-])cc2n1C[C@@H](O)COc1cc(Cl)ccc1Cl. The maximum atomic E-state index is 13.3. The van der Waals surface area contributed by atoms with Gasteiger partial charge in [-0.3, -0.25) is 14.9 Å². The molecule has 168 valence electrons. The predicted molar refractivity (Wildman–Crippen MR) is 122 cm³/mol. The molecule has 0 unspecified atom stereocenters. The van der Waals surface area contributed by atoms with Crippen molar-refractivity contribution in [3.63, 3.8) is 0 Å². The topological polar surface area (TPSA) is 111 Å². The summed E-state index contributed by atoms with van der Waals surface area (Å²) in [5, 5.41) is 22.6. The van der Waals surface area contributed by atoms with Crippen molar-refractivity contribution < 1.29 is 14.8 Å². The second-order valence-electron chi connectivity index (χ2n) is 7.52. The molecule has 2 aromatic carbocycles. The minimum atomic E-state index is -1.10. The van der Waals surface area contributed by atoms with Crippen LogP contribution in [0.1, 0.15) is 12.8 Å². The second-order valence-corrected chi connectivity index (χ2v) is 8.36. The first kappa shape index (κ1) is 22.3. The minimum absolute atomic E-state index is 0.141. The highest BCUT2D eigenvalue weighted by molar-refractivity contribution is 6.34. The summed E-state index contributed by atoms with van der Waals surface area (Å²) in [6.45, 7) is 1.11. The van der Waals surface area contributed by atoms with E-state index in [0.29, 0.717) is 34.4 Å². The summed E-state index contributed by atoms with van der Waals surface area (Å²) in [6, 6.07) is 8.87. The van der Waals surface area contributed by atoms with Crippen molar-refractivity contribution >= 4 is 45.7 Å². The van der Waals surface area contributed by atoms with E-state index in [1.54, 1.807) is 12.1 Å². The van der Waals surface area contributed by atoms with Gasteiger partial charge in [0.1, 0.15) is 18.5 Å². The molecule has 4 rings (SSSR count). The van der Waals surface area contributed by atoms with Crippen LogP contribution >= 0.6 is 23.2 Å². The van der Waals surface area contributed by atoms with Crippen LogP contribution in [0.15, 0.2) is 41.2 Å². The van der Waals surface area contributed by atoms with Crippen molar-refractivity contribution in [1.82, 2.24) is 9.55 Å². The fourth-order valence-electron chi connectivity index (χ4n) is 3.68. The third-order valence-electron chi connectivity index (χ3n) is 5.25. The van der Waals surface area contributed by atoms with Gasteiger partial charge in [0.25, 0.3) is 11.2 Å². The molecule has 1 fully saturated rings. The molecule has 0 radical (unpaired) electrons. The molecular formula is C21H20Cl2N4O5. The van der Waals surface area contributed by atoms with Gasteiger partial charge in [-0.1, -0.05) is 23.2 Å². The Bertz CT molecular complexity index is 1230. The van der Waals surface area contributed by atoms with E-state index in [1.165, 1.54) is 28.8 Å². The number of non-ortho nitro benzene ring substituents is 1. The van der Waals surface area contributed by atoms with Crippen molar-refractivity contribution in [3.05, 3.63) is 66.9 Å². The highest BCUT2D eigenvalue weighted by Gasteiger charge is 2.22. The van der Waals surface area contributed by atoms with E-state index in [-0.39, 0.29) is 30.2 Å². The summed E-state index contributed by atoms with van der Waals surface area (Å²) in [4.78, 5) is 30.3.